The van der Waals surface area contributed by atoms with Gasteiger partial charge in [0.05, 0.1) is 0 Å². The Morgan fingerprint density at radius 3 is 2.27 bits per heavy atom. The van der Waals surface area contributed by atoms with Gasteiger partial charge >= 0.3 is 0 Å². The van der Waals surface area contributed by atoms with Gasteiger partial charge < -0.3 is 0 Å². The smallest absolute Gasteiger partial charge is 0.00678 e. The standard InChI is InChI=1S/C12H24S.C2H6/c1-11(2)7-5-6-8-12(3)9-10-13-4;1-2/h12H,1,5-10H2,2-4H3;1-2H3. The van der Waals surface area contributed by atoms with Crippen LogP contribution in [0, 0.1) is 5.92 Å². The van der Waals surface area contributed by atoms with Gasteiger partial charge in [-0.3, -0.25) is 0 Å². The van der Waals surface area contributed by atoms with Crippen LogP contribution in [0.4, 0.5) is 0 Å². The van der Waals surface area contributed by atoms with E-state index < -0.39 is 0 Å². The largest absolute Gasteiger partial charge is 0.165 e. The van der Waals surface area contributed by atoms with E-state index in [0.29, 0.717) is 0 Å². The molecular weight excluding hydrogens is 200 g/mol. The summed E-state index contributed by atoms with van der Waals surface area (Å²) >= 11 is 1.96. The molecule has 0 aliphatic heterocycles. The number of rotatable bonds is 8. The van der Waals surface area contributed by atoms with Crippen molar-refractivity contribution in [2.75, 3.05) is 12.0 Å². The molecule has 0 rings (SSSR count). The molecule has 0 aliphatic rings. The van der Waals surface area contributed by atoms with Crippen LogP contribution in [0.2, 0.25) is 0 Å². The van der Waals surface area contributed by atoms with Crippen molar-refractivity contribution >= 4 is 11.8 Å². The molecule has 1 unspecified atom stereocenters. The van der Waals surface area contributed by atoms with E-state index in [0.717, 1.165) is 5.92 Å². The van der Waals surface area contributed by atoms with E-state index in [9.17, 15) is 0 Å². The number of hydrogen-bond acceptors (Lipinski definition) is 1. The Balaban J connectivity index is 0. The summed E-state index contributed by atoms with van der Waals surface area (Å²) in [5.41, 5.74) is 1.33. The van der Waals surface area contributed by atoms with Gasteiger partial charge in [-0.25, -0.2) is 0 Å². The molecule has 0 saturated carbocycles. The van der Waals surface area contributed by atoms with Gasteiger partial charge in [0.2, 0.25) is 0 Å². The van der Waals surface area contributed by atoms with Crippen molar-refractivity contribution in [2.45, 2.75) is 59.8 Å². The second-order valence-corrected chi connectivity index (χ2v) is 5.08. The Morgan fingerprint density at radius 2 is 1.80 bits per heavy atom. The van der Waals surface area contributed by atoms with Crippen LogP contribution < -0.4 is 0 Å². The Bertz CT molecular complexity index is 129. The topological polar surface area (TPSA) is 0 Å². The van der Waals surface area contributed by atoms with Crippen LogP contribution in [0.25, 0.3) is 0 Å². The molecule has 15 heavy (non-hydrogen) atoms. The second kappa shape index (κ2) is 14.1. The van der Waals surface area contributed by atoms with E-state index in [4.69, 9.17) is 0 Å². The van der Waals surface area contributed by atoms with Crippen molar-refractivity contribution in [3.05, 3.63) is 12.2 Å². The van der Waals surface area contributed by atoms with E-state index in [1.54, 1.807) is 0 Å². The average molecular weight is 230 g/mol. The highest BCUT2D eigenvalue weighted by Gasteiger charge is 2.00. The van der Waals surface area contributed by atoms with E-state index in [2.05, 4.69) is 26.7 Å². The van der Waals surface area contributed by atoms with E-state index >= 15 is 0 Å². The van der Waals surface area contributed by atoms with Gasteiger partial charge in [-0.2, -0.15) is 11.8 Å². The molecular formula is C14H30S. The van der Waals surface area contributed by atoms with Crippen LogP contribution in [-0.2, 0) is 0 Å². The van der Waals surface area contributed by atoms with Gasteiger partial charge in [0.25, 0.3) is 0 Å². The van der Waals surface area contributed by atoms with Crippen LogP contribution in [0.15, 0.2) is 12.2 Å². The summed E-state index contributed by atoms with van der Waals surface area (Å²) in [5, 5.41) is 0. The van der Waals surface area contributed by atoms with Gasteiger partial charge in [-0.15, -0.1) is 6.58 Å². The number of thioether (sulfide) groups is 1. The van der Waals surface area contributed by atoms with E-state index in [1.165, 1.54) is 43.4 Å². The van der Waals surface area contributed by atoms with Crippen molar-refractivity contribution in [2.24, 2.45) is 5.92 Å². The molecule has 92 valence electrons. The minimum absolute atomic E-state index is 0.914. The third-order valence-electron chi connectivity index (χ3n) is 2.37. The highest BCUT2D eigenvalue weighted by Crippen LogP contribution is 2.16. The van der Waals surface area contributed by atoms with Crippen molar-refractivity contribution in [3.63, 3.8) is 0 Å². The molecule has 0 radical (unpaired) electrons. The average Bonchev–Trinajstić information content (AvgIpc) is 2.24. The van der Waals surface area contributed by atoms with Crippen LogP contribution in [0.5, 0.6) is 0 Å². The summed E-state index contributed by atoms with van der Waals surface area (Å²) in [6, 6.07) is 0. The molecule has 0 aromatic heterocycles. The summed E-state index contributed by atoms with van der Waals surface area (Å²) in [4.78, 5) is 0. The fourth-order valence-corrected chi connectivity index (χ4v) is 2.02. The quantitative estimate of drug-likeness (QED) is 0.390. The lowest BCUT2D eigenvalue weighted by molar-refractivity contribution is 0.487. The highest BCUT2D eigenvalue weighted by atomic mass is 32.2. The van der Waals surface area contributed by atoms with Gasteiger partial charge in [-0.1, -0.05) is 39.2 Å². The molecule has 1 heteroatoms. The summed E-state index contributed by atoms with van der Waals surface area (Å²) in [6.07, 6.45) is 8.90. The summed E-state index contributed by atoms with van der Waals surface area (Å²) in [7, 11) is 0. The molecule has 1 atom stereocenters. The van der Waals surface area contributed by atoms with Crippen molar-refractivity contribution in [3.8, 4) is 0 Å². The Morgan fingerprint density at radius 1 is 1.20 bits per heavy atom. The Labute approximate surface area is 102 Å². The van der Waals surface area contributed by atoms with Crippen LogP contribution in [-0.4, -0.2) is 12.0 Å². The maximum absolute atomic E-state index is 3.92. The fourth-order valence-electron chi connectivity index (χ4n) is 1.38. The second-order valence-electron chi connectivity index (χ2n) is 4.09. The lowest BCUT2D eigenvalue weighted by Gasteiger charge is -2.09. The Hall–Kier alpha value is 0.0900. The van der Waals surface area contributed by atoms with Gasteiger partial charge in [-0.05, 0) is 44.1 Å². The van der Waals surface area contributed by atoms with Gasteiger partial charge in [0.15, 0.2) is 0 Å². The molecule has 0 nitrogen and oxygen atoms in total. The van der Waals surface area contributed by atoms with Crippen LogP contribution >= 0.6 is 11.8 Å². The van der Waals surface area contributed by atoms with Crippen molar-refractivity contribution in [1.82, 2.24) is 0 Å². The molecule has 0 bridgehead atoms. The molecule has 0 aromatic rings. The minimum Gasteiger partial charge on any atom is -0.165 e. The Kier molecular flexibility index (Phi) is 16.4. The van der Waals surface area contributed by atoms with Gasteiger partial charge in [0.1, 0.15) is 0 Å². The summed E-state index contributed by atoms with van der Waals surface area (Å²) in [5.74, 6) is 2.24. The molecule has 0 aliphatic carbocycles. The first-order valence-electron chi connectivity index (χ1n) is 6.30. The SMILES string of the molecule is C=C(C)CCCCC(C)CCSC.CC. The molecule has 0 heterocycles. The normalized spacial score (nSPS) is 11.5. The summed E-state index contributed by atoms with van der Waals surface area (Å²) in [6.45, 7) is 12.4. The zero-order valence-electron chi connectivity index (χ0n) is 11.4. The number of hydrogen-bond donors (Lipinski definition) is 0. The van der Waals surface area contributed by atoms with Gasteiger partial charge in [0, 0.05) is 0 Å². The third kappa shape index (κ3) is 16.7. The first-order chi connectivity index (χ1) is 7.16. The molecule has 0 N–H and O–H groups in total. The van der Waals surface area contributed by atoms with Crippen molar-refractivity contribution in [1.29, 1.82) is 0 Å². The number of unbranched alkanes of at least 4 members (excludes halogenated alkanes) is 1. The maximum Gasteiger partial charge on any atom is -0.00678 e. The molecule has 0 saturated heterocycles. The zero-order chi connectivity index (χ0) is 12.1. The third-order valence-corrected chi connectivity index (χ3v) is 3.01. The maximum atomic E-state index is 3.92. The minimum atomic E-state index is 0.914. The molecule has 0 fully saturated rings. The molecule has 0 amide bonds. The van der Waals surface area contributed by atoms with Crippen LogP contribution in [0.3, 0.4) is 0 Å². The highest BCUT2D eigenvalue weighted by molar-refractivity contribution is 7.98. The predicted octanol–water partition coefficient (Wildman–Crippen LogP) is 5.54. The lowest BCUT2D eigenvalue weighted by atomic mass is 10.00. The summed E-state index contributed by atoms with van der Waals surface area (Å²) < 4.78 is 0. The monoisotopic (exact) mass is 230 g/mol. The number of allylic oxidation sites excluding steroid dienone is 1. The first kappa shape index (κ1) is 17.5. The van der Waals surface area contributed by atoms with Crippen LogP contribution in [0.1, 0.15) is 59.8 Å². The van der Waals surface area contributed by atoms with Crippen molar-refractivity contribution < 1.29 is 0 Å². The van der Waals surface area contributed by atoms with E-state index in [1.807, 2.05) is 25.6 Å². The lowest BCUT2D eigenvalue weighted by Crippen LogP contribution is -1.96. The predicted molar refractivity (Wildman–Crippen MR) is 76.8 cm³/mol. The fraction of sp³-hybridized carbons (Fsp3) is 0.857. The molecule has 0 aromatic carbocycles. The first-order valence-corrected chi connectivity index (χ1v) is 7.69. The zero-order valence-corrected chi connectivity index (χ0v) is 12.3. The molecule has 0 spiro atoms. The van der Waals surface area contributed by atoms with E-state index in [-0.39, 0.29) is 0 Å².